The van der Waals surface area contributed by atoms with Crippen LogP contribution < -0.4 is 5.32 Å². The molecule has 1 amide bonds. The first kappa shape index (κ1) is 15.1. The zero-order valence-electron chi connectivity index (χ0n) is 10.6. The topological polar surface area (TPSA) is 66.4 Å². The molecular weight excluding hydrogens is 262 g/mol. The summed E-state index contributed by atoms with van der Waals surface area (Å²) in [7, 11) is 0. The highest BCUT2D eigenvalue weighted by Crippen LogP contribution is 2.03. The minimum Gasteiger partial charge on any atom is -0.480 e. The summed E-state index contributed by atoms with van der Waals surface area (Å²) in [6.07, 6.45) is 0. The normalized spacial score (nSPS) is 11.0. The van der Waals surface area contributed by atoms with Gasteiger partial charge in [0, 0.05) is 18.2 Å². The van der Waals surface area contributed by atoms with Crippen LogP contribution in [-0.2, 0) is 9.59 Å². The molecule has 1 aromatic rings. The summed E-state index contributed by atoms with van der Waals surface area (Å²) in [6, 6.07) is 8.71. The summed E-state index contributed by atoms with van der Waals surface area (Å²) in [6.45, 7) is 1.30. The van der Waals surface area contributed by atoms with E-state index in [4.69, 9.17) is 5.11 Å². The second-order valence-corrected chi connectivity index (χ2v) is 4.80. The van der Waals surface area contributed by atoms with E-state index >= 15 is 0 Å². The standard InChI is InChI=1S/C14H15NO3S/c1-11(16)15-13(14(17)18)10-19-9-5-8-12-6-3-2-4-7-12/h2-4,6-7,13H,9-10H2,1H3,(H,15,16)(H,17,18). The molecule has 0 aliphatic rings. The van der Waals surface area contributed by atoms with Crippen LogP contribution in [0.25, 0.3) is 0 Å². The summed E-state index contributed by atoms with van der Waals surface area (Å²) in [5.74, 6) is 5.40. The van der Waals surface area contributed by atoms with E-state index in [0.29, 0.717) is 11.5 Å². The highest BCUT2D eigenvalue weighted by molar-refractivity contribution is 7.99. The fourth-order valence-electron chi connectivity index (χ4n) is 1.31. The number of benzene rings is 1. The molecule has 1 unspecified atom stereocenters. The summed E-state index contributed by atoms with van der Waals surface area (Å²) >= 11 is 1.38. The van der Waals surface area contributed by atoms with E-state index < -0.39 is 12.0 Å². The van der Waals surface area contributed by atoms with Crippen molar-refractivity contribution in [3.05, 3.63) is 35.9 Å². The lowest BCUT2D eigenvalue weighted by Crippen LogP contribution is -2.41. The summed E-state index contributed by atoms with van der Waals surface area (Å²) in [4.78, 5) is 21.7. The SMILES string of the molecule is CC(=O)NC(CSCC#Cc1ccccc1)C(=O)O. The van der Waals surface area contributed by atoms with E-state index in [9.17, 15) is 9.59 Å². The van der Waals surface area contributed by atoms with Crippen molar-refractivity contribution in [2.75, 3.05) is 11.5 Å². The molecule has 1 rings (SSSR count). The smallest absolute Gasteiger partial charge is 0.327 e. The van der Waals surface area contributed by atoms with Crippen LogP contribution in [0.3, 0.4) is 0 Å². The molecule has 0 saturated carbocycles. The Morgan fingerprint density at radius 3 is 2.63 bits per heavy atom. The monoisotopic (exact) mass is 277 g/mol. The van der Waals surface area contributed by atoms with Gasteiger partial charge in [-0.05, 0) is 12.1 Å². The van der Waals surface area contributed by atoms with Gasteiger partial charge < -0.3 is 10.4 Å². The van der Waals surface area contributed by atoms with E-state index in [-0.39, 0.29) is 5.91 Å². The maximum atomic E-state index is 10.9. The lowest BCUT2D eigenvalue weighted by Gasteiger charge is -2.11. The molecule has 0 spiro atoms. The van der Waals surface area contributed by atoms with Crippen LogP contribution in [-0.4, -0.2) is 34.5 Å². The van der Waals surface area contributed by atoms with Crippen molar-refractivity contribution in [1.82, 2.24) is 5.32 Å². The number of carbonyl (C=O) groups is 2. The highest BCUT2D eigenvalue weighted by atomic mass is 32.2. The second-order valence-electron chi connectivity index (χ2n) is 3.77. The molecule has 0 saturated heterocycles. The lowest BCUT2D eigenvalue weighted by atomic mass is 10.2. The van der Waals surface area contributed by atoms with Crippen LogP contribution in [0, 0.1) is 11.8 Å². The Balaban J connectivity index is 2.35. The van der Waals surface area contributed by atoms with Crippen molar-refractivity contribution in [3.8, 4) is 11.8 Å². The first-order valence-corrected chi connectivity index (χ1v) is 6.86. The molecule has 0 aliphatic heterocycles. The van der Waals surface area contributed by atoms with Gasteiger partial charge in [0.2, 0.25) is 5.91 Å². The minimum atomic E-state index is -1.03. The van der Waals surface area contributed by atoms with Crippen LogP contribution in [0.2, 0.25) is 0 Å². The van der Waals surface area contributed by atoms with E-state index in [1.54, 1.807) is 0 Å². The number of amides is 1. The number of rotatable bonds is 5. The predicted octanol–water partition coefficient (Wildman–Crippen LogP) is 1.36. The average Bonchev–Trinajstić information content (AvgIpc) is 2.37. The number of aliphatic carboxylic acids is 1. The Bertz CT molecular complexity index is 490. The highest BCUT2D eigenvalue weighted by Gasteiger charge is 2.17. The van der Waals surface area contributed by atoms with E-state index in [0.717, 1.165) is 5.56 Å². The summed E-state index contributed by atoms with van der Waals surface area (Å²) in [5.41, 5.74) is 0.930. The van der Waals surface area contributed by atoms with Gasteiger partial charge in [-0.2, -0.15) is 0 Å². The number of thioether (sulfide) groups is 1. The molecule has 0 fully saturated rings. The van der Waals surface area contributed by atoms with Crippen LogP contribution in [0.15, 0.2) is 30.3 Å². The third-order valence-electron chi connectivity index (χ3n) is 2.14. The molecule has 0 radical (unpaired) electrons. The van der Waals surface area contributed by atoms with Crippen LogP contribution in [0.1, 0.15) is 12.5 Å². The Labute approximate surface area is 116 Å². The van der Waals surface area contributed by atoms with Crippen LogP contribution in [0.4, 0.5) is 0 Å². The molecule has 4 nitrogen and oxygen atoms in total. The van der Waals surface area contributed by atoms with Gasteiger partial charge in [-0.3, -0.25) is 4.79 Å². The average molecular weight is 277 g/mol. The molecular formula is C14H15NO3S. The van der Waals surface area contributed by atoms with Crippen molar-refractivity contribution in [2.45, 2.75) is 13.0 Å². The number of hydrogen-bond donors (Lipinski definition) is 2. The Kier molecular flexibility index (Phi) is 6.55. The van der Waals surface area contributed by atoms with Crippen LogP contribution >= 0.6 is 11.8 Å². The molecule has 19 heavy (non-hydrogen) atoms. The largest absolute Gasteiger partial charge is 0.480 e. The van der Waals surface area contributed by atoms with Gasteiger partial charge in [-0.25, -0.2) is 4.79 Å². The fourth-order valence-corrected chi connectivity index (χ4v) is 2.06. The van der Waals surface area contributed by atoms with Gasteiger partial charge in [-0.15, -0.1) is 11.8 Å². The third kappa shape index (κ3) is 6.53. The molecule has 0 heterocycles. The minimum absolute atomic E-state index is 0.304. The number of carboxylic acids is 1. The molecule has 1 atom stereocenters. The van der Waals surface area contributed by atoms with Gasteiger partial charge in [0.15, 0.2) is 0 Å². The van der Waals surface area contributed by atoms with E-state index in [2.05, 4.69) is 17.2 Å². The number of hydrogen-bond acceptors (Lipinski definition) is 3. The van der Waals surface area contributed by atoms with Crippen molar-refractivity contribution < 1.29 is 14.7 Å². The number of nitrogens with one attached hydrogen (secondary N) is 1. The first-order chi connectivity index (χ1) is 9.09. The van der Waals surface area contributed by atoms with Gasteiger partial charge >= 0.3 is 5.97 Å². The van der Waals surface area contributed by atoms with Gasteiger partial charge in [0.25, 0.3) is 0 Å². The number of carboxylic acid groups (broad SMARTS) is 1. The Morgan fingerprint density at radius 2 is 2.05 bits per heavy atom. The van der Waals surface area contributed by atoms with Crippen molar-refractivity contribution in [3.63, 3.8) is 0 Å². The molecule has 100 valence electrons. The molecule has 5 heteroatoms. The van der Waals surface area contributed by atoms with Gasteiger partial charge in [0.1, 0.15) is 6.04 Å². The summed E-state index contributed by atoms with van der Waals surface area (Å²) < 4.78 is 0. The Morgan fingerprint density at radius 1 is 1.37 bits per heavy atom. The van der Waals surface area contributed by atoms with Crippen molar-refractivity contribution >= 4 is 23.6 Å². The maximum absolute atomic E-state index is 10.9. The Hall–Kier alpha value is -1.93. The maximum Gasteiger partial charge on any atom is 0.327 e. The third-order valence-corrected chi connectivity index (χ3v) is 3.06. The van der Waals surface area contributed by atoms with Gasteiger partial charge in [0.05, 0.1) is 5.75 Å². The fraction of sp³-hybridized carbons (Fsp3) is 0.286. The van der Waals surface area contributed by atoms with Gasteiger partial charge in [-0.1, -0.05) is 30.0 Å². The van der Waals surface area contributed by atoms with E-state index in [1.807, 2.05) is 30.3 Å². The van der Waals surface area contributed by atoms with E-state index in [1.165, 1.54) is 18.7 Å². The molecule has 2 N–H and O–H groups in total. The molecule has 1 aromatic carbocycles. The van der Waals surface area contributed by atoms with Crippen LogP contribution in [0.5, 0.6) is 0 Å². The number of carbonyl (C=O) groups excluding carboxylic acids is 1. The molecule has 0 bridgehead atoms. The quantitative estimate of drug-likeness (QED) is 0.630. The zero-order chi connectivity index (χ0) is 14.1. The predicted molar refractivity (Wildman–Crippen MR) is 75.9 cm³/mol. The summed E-state index contributed by atoms with van der Waals surface area (Å²) in [5, 5.41) is 11.3. The second kappa shape index (κ2) is 8.22. The lowest BCUT2D eigenvalue weighted by molar-refractivity contribution is -0.140. The first-order valence-electron chi connectivity index (χ1n) is 5.71. The van der Waals surface area contributed by atoms with Crippen molar-refractivity contribution in [2.24, 2.45) is 0 Å². The van der Waals surface area contributed by atoms with Crippen molar-refractivity contribution in [1.29, 1.82) is 0 Å². The molecule has 0 aliphatic carbocycles. The molecule has 0 aromatic heterocycles. The zero-order valence-corrected chi connectivity index (χ0v) is 11.4.